The minimum atomic E-state index is -1.25. The second kappa shape index (κ2) is 13.0. The van der Waals surface area contributed by atoms with Crippen LogP contribution in [-0.2, 0) is 19.1 Å². The molecule has 4 fully saturated rings. The van der Waals surface area contributed by atoms with Crippen molar-refractivity contribution in [1.82, 2.24) is 0 Å². The van der Waals surface area contributed by atoms with Crippen LogP contribution in [0.5, 0.6) is 0 Å². The van der Waals surface area contributed by atoms with Gasteiger partial charge in [-0.2, -0.15) is 0 Å². The number of rotatable bonds is 9. The number of allylic oxidation sites excluding steroid dienone is 3. The van der Waals surface area contributed by atoms with Gasteiger partial charge in [-0.3, -0.25) is 4.79 Å². The van der Waals surface area contributed by atoms with Gasteiger partial charge in [-0.25, -0.2) is 4.79 Å². The van der Waals surface area contributed by atoms with E-state index in [0.29, 0.717) is 37.7 Å². The smallest absolute Gasteiger partial charge is 0.333 e. The van der Waals surface area contributed by atoms with Gasteiger partial charge < -0.3 is 29.9 Å². The Hall–Kier alpha value is -2.00. The summed E-state index contributed by atoms with van der Waals surface area (Å²) in [6, 6.07) is 0. The first-order valence-electron chi connectivity index (χ1n) is 17.7. The van der Waals surface area contributed by atoms with Gasteiger partial charge in [0.2, 0.25) is 0 Å². The lowest BCUT2D eigenvalue weighted by atomic mass is 9.35. The number of fused-ring (bicyclic) bond motifs is 2. The normalized spacial score (nSPS) is 46.4. The average molecular weight is 659 g/mol. The number of hydrogen-bond donors (Lipinski definition) is 4. The molecule has 4 aliphatic rings. The van der Waals surface area contributed by atoms with Crippen molar-refractivity contribution in [3.8, 4) is 0 Å². The van der Waals surface area contributed by atoms with Crippen molar-refractivity contribution in [3.05, 3.63) is 37.0 Å². The third-order valence-corrected chi connectivity index (χ3v) is 14.5. The second-order valence-corrected chi connectivity index (χ2v) is 17.2. The molecule has 0 amide bonds. The zero-order valence-electron chi connectivity index (χ0n) is 30.2. The topological polar surface area (TPSA) is 134 Å². The zero-order chi connectivity index (χ0) is 35.4. The number of carbonyl (C=O) groups excluding carboxylic acids is 2. The Morgan fingerprint density at radius 1 is 0.851 bits per heavy atom. The lowest BCUT2D eigenvalue weighted by Crippen LogP contribution is -2.70. The minimum absolute atomic E-state index is 0.00117. The Morgan fingerprint density at radius 2 is 1.51 bits per heavy atom. The number of ether oxygens (including phenoxy) is 2. The average Bonchev–Trinajstić information content (AvgIpc) is 3.01. The van der Waals surface area contributed by atoms with Gasteiger partial charge in [0.05, 0.1) is 36.4 Å². The molecule has 8 heteroatoms. The van der Waals surface area contributed by atoms with Gasteiger partial charge in [0.25, 0.3) is 0 Å². The SMILES string of the molecule is C=CCC1[C@@]2(C=C)CC[C@H](O)[C@](C)(COC(=O)/C(C)=C/C)C2CC[C@@]1(C)[C@@]1(C)CC2CC(C)(C)[C@@H](O)[C@H](O)[C@]2(COC(C)=O)[C@H](O)C1. The van der Waals surface area contributed by atoms with E-state index in [1.165, 1.54) is 6.92 Å². The van der Waals surface area contributed by atoms with Gasteiger partial charge in [-0.1, -0.05) is 52.8 Å². The first kappa shape index (κ1) is 37.8. The standard InChI is InChI=1S/C39H62O8/c1-11-14-28-37(10,17-15-27-36(9,22-47-33(45)24(4)12-2)29(41)16-18-38(27,28)13-3)35(8)20-26-19-34(6,7)31(43)32(44)39(26,30(42)21-35)23-46-25(5)40/h11-13,26-32,41-44H,1,3,14-23H2,2,4-10H3/b24-12+/t26?,27?,28?,29-,30+,31-,32-,35-,36+,37+,38-,39-/m0/s1. The Morgan fingerprint density at radius 3 is 2.09 bits per heavy atom. The Bertz CT molecular complexity index is 1260. The van der Waals surface area contributed by atoms with Crippen LogP contribution in [0.4, 0.5) is 0 Å². The molecule has 8 nitrogen and oxygen atoms in total. The van der Waals surface area contributed by atoms with Crippen molar-refractivity contribution in [2.24, 2.45) is 50.2 Å². The summed E-state index contributed by atoms with van der Waals surface area (Å²) in [5.41, 5.74) is -3.03. The molecule has 0 aromatic carbocycles. The summed E-state index contributed by atoms with van der Waals surface area (Å²) in [6.45, 7) is 24.0. The fourth-order valence-electron chi connectivity index (χ4n) is 11.2. The molecule has 0 heterocycles. The van der Waals surface area contributed by atoms with Gasteiger partial charge in [-0.15, -0.1) is 13.2 Å². The Balaban J connectivity index is 1.78. The molecule has 0 bridgehead atoms. The van der Waals surface area contributed by atoms with Crippen molar-refractivity contribution >= 4 is 11.9 Å². The van der Waals surface area contributed by atoms with Crippen molar-refractivity contribution in [3.63, 3.8) is 0 Å². The maximum atomic E-state index is 12.7. The largest absolute Gasteiger partial charge is 0.465 e. The summed E-state index contributed by atoms with van der Waals surface area (Å²) in [4.78, 5) is 24.8. The molecular formula is C39H62O8. The first-order chi connectivity index (χ1) is 21.8. The zero-order valence-corrected chi connectivity index (χ0v) is 30.2. The van der Waals surface area contributed by atoms with Crippen LogP contribution in [0.25, 0.3) is 0 Å². The molecule has 4 rings (SSSR count). The molecule has 4 saturated carbocycles. The summed E-state index contributed by atoms with van der Waals surface area (Å²) in [5.74, 6) is -1.01. The number of hydrogen-bond acceptors (Lipinski definition) is 8. The molecule has 0 aliphatic heterocycles. The molecule has 3 unspecified atom stereocenters. The summed E-state index contributed by atoms with van der Waals surface area (Å²) >= 11 is 0. The fourth-order valence-corrected chi connectivity index (χ4v) is 11.2. The first-order valence-corrected chi connectivity index (χ1v) is 17.7. The quantitative estimate of drug-likeness (QED) is 0.136. The van der Waals surface area contributed by atoms with Crippen molar-refractivity contribution in [2.75, 3.05) is 13.2 Å². The van der Waals surface area contributed by atoms with Gasteiger partial charge in [0.1, 0.15) is 6.61 Å². The maximum Gasteiger partial charge on any atom is 0.333 e. The summed E-state index contributed by atoms with van der Waals surface area (Å²) in [7, 11) is 0. The highest BCUT2D eigenvalue weighted by atomic mass is 16.5. The number of carbonyl (C=O) groups is 2. The molecule has 0 radical (unpaired) electrons. The highest BCUT2D eigenvalue weighted by Crippen LogP contribution is 2.73. The number of aliphatic hydroxyl groups excluding tert-OH is 4. The van der Waals surface area contributed by atoms with Crippen LogP contribution >= 0.6 is 0 Å². The van der Waals surface area contributed by atoms with E-state index in [9.17, 15) is 30.0 Å². The van der Waals surface area contributed by atoms with Crippen LogP contribution in [0.2, 0.25) is 0 Å². The highest BCUT2D eigenvalue weighted by molar-refractivity contribution is 5.87. The van der Waals surface area contributed by atoms with Gasteiger partial charge in [0.15, 0.2) is 0 Å². The minimum Gasteiger partial charge on any atom is -0.465 e. The molecular weight excluding hydrogens is 596 g/mol. The molecule has 4 N–H and O–H groups in total. The van der Waals surface area contributed by atoms with E-state index in [2.05, 4.69) is 40.0 Å². The van der Waals surface area contributed by atoms with Crippen LogP contribution in [0, 0.1) is 50.2 Å². The number of aliphatic hydroxyl groups is 4. The van der Waals surface area contributed by atoms with Crippen LogP contribution in [-0.4, -0.2) is 70.0 Å². The van der Waals surface area contributed by atoms with E-state index in [1.54, 1.807) is 19.9 Å². The lowest BCUT2D eigenvalue weighted by molar-refractivity contribution is -0.274. The molecule has 4 aliphatic carbocycles. The van der Waals surface area contributed by atoms with Crippen molar-refractivity contribution in [1.29, 1.82) is 0 Å². The van der Waals surface area contributed by atoms with E-state index >= 15 is 0 Å². The van der Waals surface area contributed by atoms with Crippen LogP contribution in [0.3, 0.4) is 0 Å². The third kappa shape index (κ3) is 5.77. The molecule has 0 aromatic heterocycles. The third-order valence-electron chi connectivity index (χ3n) is 14.5. The molecule has 0 aromatic rings. The van der Waals surface area contributed by atoms with E-state index in [1.807, 2.05) is 19.9 Å². The summed E-state index contributed by atoms with van der Waals surface area (Å²) < 4.78 is 11.4. The summed E-state index contributed by atoms with van der Waals surface area (Å²) in [6.07, 6.45) is 7.05. The van der Waals surface area contributed by atoms with Crippen molar-refractivity contribution in [2.45, 2.75) is 131 Å². The molecule has 47 heavy (non-hydrogen) atoms. The lowest BCUT2D eigenvalue weighted by Gasteiger charge is -2.70. The van der Waals surface area contributed by atoms with Crippen molar-refractivity contribution < 1.29 is 39.5 Å². The van der Waals surface area contributed by atoms with Crippen LogP contribution in [0.1, 0.15) is 107 Å². The van der Waals surface area contributed by atoms with E-state index in [0.717, 1.165) is 19.3 Å². The number of esters is 2. The fraction of sp³-hybridized carbons (Fsp3) is 0.795. The van der Waals surface area contributed by atoms with Gasteiger partial charge in [0, 0.05) is 17.9 Å². The molecule has 12 atom stereocenters. The molecule has 0 spiro atoms. The van der Waals surface area contributed by atoms with Crippen LogP contribution in [0.15, 0.2) is 37.0 Å². The predicted molar refractivity (Wildman–Crippen MR) is 182 cm³/mol. The highest BCUT2D eigenvalue weighted by Gasteiger charge is 2.70. The Kier molecular flexibility index (Phi) is 10.5. The summed E-state index contributed by atoms with van der Waals surface area (Å²) in [5, 5.41) is 46.7. The monoisotopic (exact) mass is 658 g/mol. The van der Waals surface area contributed by atoms with E-state index < -0.39 is 52.0 Å². The van der Waals surface area contributed by atoms with Gasteiger partial charge >= 0.3 is 11.9 Å². The van der Waals surface area contributed by atoms with Gasteiger partial charge in [-0.05, 0) is 105 Å². The van der Waals surface area contributed by atoms with E-state index in [4.69, 9.17) is 9.47 Å². The molecule has 266 valence electrons. The predicted octanol–water partition coefficient (Wildman–Crippen LogP) is 5.92. The Labute approximate surface area is 282 Å². The molecule has 0 saturated heterocycles. The maximum absolute atomic E-state index is 12.7. The second-order valence-electron chi connectivity index (χ2n) is 17.2. The van der Waals surface area contributed by atoms with E-state index in [-0.39, 0.29) is 47.8 Å². The van der Waals surface area contributed by atoms with Crippen LogP contribution < -0.4 is 0 Å².